The van der Waals surface area contributed by atoms with Gasteiger partial charge in [-0.1, -0.05) is 0 Å². The lowest BCUT2D eigenvalue weighted by molar-refractivity contribution is -0.179. The van der Waals surface area contributed by atoms with E-state index in [9.17, 15) is 82.7 Å². The Labute approximate surface area is 211 Å². The van der Waals surface area contributed by atoms with Crippen molar-refractivity contribution in [2.45, 2.75) is 36.6 Å². The molecule has 22 heteroatoms. The highest BCUT2D eigenvalue weighted by molar-refractivity contribution is 8.14. The van der Waals surface area contributed by atoms with Crippen molar-refractivity contribution in [2.75, 3.05) is 5.75 Å². The summed E-state index contributed by atoms with van der Waals surface area (Å²) in [5.74, 6) is -21.4. The predicted molar refractivity (Wildman–Crippen MR) is 99.8 cm³/mol. The maximum absolute atomic E-state index is 15.2. The molecule has 1 aromatic rings. The molecule has 1 aliphatic carbocycles. The zero-order valence-corrected chi connectivity index (χ0v) is 19.8. The number of hydrogen-bond acceptors (Lipinski definition) is 4. The van der Waals surface area contributed by atoms with E-state index >= 15 is 4.39 Å². The van der Waals surface area contributed by atoms with Crippen molar-refractivity contribution in [1.29, 1.82) is 0 Å². The number of halogens is 16. The van der Waals surface area contributed by atoms with Crippen LogP contribution in [0, 0.1) is 29.4 Å². The molecule has 1 atom stereocenters. The maximum atomic E-state index is 15.2. The lowest BCUT2D eigenvalue weighted by atomic mass is 9.89. The standard InChI is InChI=1S/C18H7F16O4S2/c19-8-5-6(11(22)14(25)13(24)10(5)21)9(20)12(23)7(8)15(39(35,36)2-1-16(26,27)28)40(37,38)4(18(32,33)34)3-17(29,30)31/h4H,1-3H2/q-1/b15-7-. The van der Waals surface area contributed by atoms with Gasteiger partial charge in [-0.25, -0.2) is 38.8 Å². The number of hydrogen-bond donors (Lipinski definition) is 0. The molecule has 0 spiro atoms. The Morgan fingerprint density at radius 3 is 1.60 bits per heavy atom. The molecule has 0 heterocycles. The van der Waals surface area contributed by atoms with Gasteiger partial charge in [0.1, 0.15) is 21.7 Å². The van der Waals surface area contributed by atoms with Gasteiger partial charge in [-0.15, -0.1) is 0 Å². The van der Waals surface area contributed by atoms with Crippen LogP contribution in [0.15, 0.2) is 15.6 Å². The summed E-state index contributed by atoms with van der Waals surface area (Å²) in [6.45, 7) is 0. The Hall–Kier alpha value is -2.65. The average molecular weight is 655 g/mol. The molecule has 0 fully saturated rings. The van der Waals surface area contributed by atoms with Gasteiger partial charge in [-0.2, -0.15) is 39.5 Å². The van der Waals surface area contributed by atoms with Crippen molar-refractivity contribution < 1.29 is 87.1 Å². The number of fused-ring (bicyclic) bond motifs is 1. The highest BCUT2D eigenvalue weighted by atomic mass is 32.3. The molecular weight excluding hydrogens is 648 g/mol. The summed E-state index contributed by atoms with van der Waals surface area (Å²) in [6, 6.07) is 0. The summed E-state index contributed by atoms with van der Waals surface area (Å²) in [5.41, 5.74) is -8.50. The van der Waals surface area contributed by atoms with Crippen molar-refractivity contribution in [3.05, 3.63) is 56.2 Å². The van der Waals surface area contributed by atoms with Gasteiger partial charge >= 0.3 is 18.5 Å². The van der Waals surface area contributed by atoms with Crippen LogP contribution in [-0.2, 0) is 19.7 Å². The molecule has 1 aliphatic rings. The fraction of sp³-hybridized carbons (Fsp3) is 0.389. The van der Waals surface area contributed by atoms with E-state index in [-0.39, 0.29) is 0 Å². The zero-order valence-electron chi connectivity index (χ0n) is 18.2. The first kappa shape index (κ1) is 33.6. The van der Waals surface area contributed by atoms with Crippen molar-refractivity contribution in [1.82, 2.24) is 0 Å². The first-order valence-electron chi connectivity index (χ1n) is 9.53. The van der Waals surface area contributed by atoms with E-state index in [1.807, 2.05) is 0 Å². The zero-order chi connectivity index (χ0) is 31.5. The third-order valence-corrected chi connectivity index (χ3v) is 9.77. The molecule has 228 valence electrons. The molecule has 0 aliphatic heterocycles. The van der Waals surface area contributed by atoms with Crippen molar-refractivity contribution in [3.8, 4) is 0 Å². The SMILES string of the molecule is O=S(=O)(CCC(F)(F)F)/C(=C1/C(F)=C(F)c2c(F)c(F)c(F)c(F)c2[C-]1F)S(=O)(=O)C(CC(F)(F)F)C(F)(F)F. The fourth-order valence-corrected chi connectivity index (χ4v) is 7.89. The number of allylic oxidation sites excluding steroid dienone is 2. The first-order chi connectivity index (χ1) is 17.7. The van der Waals surface area contributed by atoms with Crippen LogP contribution in [0.25, 0.3) is 5.83 Å². The number of alkyl halides is 9. The van der Waals surface area contributed by atoms with Crippen LogP contribution in [0.2, 0.25) is 0 Å². The normalized spacial score (nSPS) is 17.8. The summed E-state index contributed by atoms with van der Waals surface area (Å²) in [4.78, 5) is 0. The summed E-state index contributed by atoms with van der Waals surface area (Å²) < 4.78 is 263. The van der Waals surface area contributed by atoms with Gasteiger partial charge in [-0.05, 0) is 16.7 Å². The minimum absolute atomic E-state index is 2.55. The van der Waals surface area contributed by atoms with Crippen LogP contribution in [0.3, 0.4) is 0 Å². The highest BCUT2D eigenvalue weighted by Gasteiger charge is 2.57. The largest absolute Gasteiger partial charge is 0.405 e. The van der Waals surface area contributed by atoms with Crippen LogP contribution in [0.4, 0.5) is 70.2 Å². The molecule has 0 bridgehead atoms. The Kier molecular flexibility index (Phi) is 8.66. The van der Waals surface area contributed by atoms with E-state index in [4.69, 9.17) is 0 Å². The maximum Gasteiger partial charge on any atom is 0.405 e. The van der Waals surface area contributed by atoms with Crippen molar-refractivity contribution in [2.24, 2.45) is 0 Å². The minimum Gasteiger partial charge on any atom is -0.254 e. The quantitative estimate of drug-likeness (QED) is 0.150. The molecule has 0 saturated carbocycles. The van der Waals surface area contributed by atoms with E-state index in [2.05, 4.69) is 0 Å². The second kappa shape index (κ2) is 10.3. The molecule has 2 rings (SSSR count). The molecule has 0 N–H and O–H groups in total. The molecule has 40 heavy (non-hydrogen) atoms. The second-order valence-corrected chi connectivity index (χ2v) is 12.1. The van der Waals surface area contributed by atoms with Crippen LogP contribution in [0.1, 0.15) is 24.0 Å². The van der Waals surface area contributed by atoms with Crippen LogP contribution in [-0.4, -0.2) is 46.4 Å². The van der Waals surface area contributed by atoms with Gasteiger partial charge in [0, 0.05) is 0 Å². The van der Waals surface area contributed by atoms with Crippen LogP contribution >= 0.6 is 0 Å². The lowest BCUT2D eigenvalue weighted by Crippen LogP contribution is -2.43. The predicted octanol–water partition coefficient (Wildman–Crippen LogP) is 6.59. The van der Waals surface area contributed by atoms with Gasteiger partial charge < -0.3 is 0 Å². The van der Waals surface area contributed by atoms with E-state index < -0.39 is 124 Å². The molecule has 0 radical (unpaired) electrons. The van der Waals surface area contributed by atoms with Gasteiger partial charge in [0.05, 0.1) is 30.6 Å². The summed E-state index contributed by atoms with van der Waals surface area (Å²) >= 11 is 0. The van der Waals surface area contributed by atoms with Crippen LogP contribution in [0.5, 0.6) is 0 Å². The summed E-state index contributed by atoms with van der Waals surface area (Å²) in [6.07, 6.45) is -28.1. The molecule has 4 nitrogen and oxygen atoms in total. The lowest BCUT2D eigenvalue weighted by Gasteiger charge is -2.32. The topological polar surface area (TPSA) is 68.3 Å². The first-order valence-corrected chi connectivity index (χ1v) is 12.7. The van der Waals surface area contributed by atoms with Gasteiger partial charge in [0.2, 0.25) is 0 Å². The second-order valence-electron chi connectivity index (χ2n) is 7.69. The van der Waals surface area contributed by atoms with E-state index in [0.717, 1.165) is 0 Å². The molecule has 1 aromatic carbocycles. The van der Waals surface area contributed by atoms with Gasteiger partial charge in [-0.3, -0.25) is 8.78 Å². The number of sulfone groups is 2. The third-order valence-electron chi connectivity index (χ3n) is 4.89. The molecule has 0 saturated heterocycles. The van der Waals surface area contributed by atoms with E-state index in [0.29, 0.717) is 0 Å². The third kappa shape index (κ3) is 6.30. The minimum atomic E-state index is -7.52. The smallest absolute Gasteiger partial charge is 0.254 e. The molecule has 0 aromatic heterocycles. The Morgan fingerprint density at radius 1 is 0.700 bits per heavy atom. The van der Waals surface area contributed by atoms with Crippen molar-refractivity contribution >= 4 is 25.5 Å². The Bertz CT molecular complexity index is 1480. The number of rotatable bonds is 6. The average Bonchev–Trinajstić information content (AvgIpc) is 2.76. The van der Waals surface area contributed by atoms with Gasteiger partial charge in [0.15, 0.2) is 36.6 Å². The fourth-order valence-electron chi connectivity index (χ4n) is 3.22. The van der Waals surface area contributed by atoms with Crippen molar-refractivity contribution in [3.63, 3.8) is 0 Å². The Balaban J connectivity index is 3.18. The molecular formula is C18H7F16O4S2-. The Morgan fingerprint density at radius 2 is 1.18 bits per heavy atom. The van der Waals surface area contributed by atoms with Crippen LogP contribution < -0.4 is 0 Å². The molecule has 0 amide bonds. The van der Waals surface area contributed by atoms with Gasteiger partial charge in [0.25, 0.3) is 0 Å². The highest BCUT2D eigenvalue weighted by Crippen LogP contribution is 2.51. The summed E-state index contributed by atoms with van der Waals surface area (Å²) in [5, 5.41) is -5.03. The monoisotopic (exact) mass is 655 g/mol. The van der Waals surface area contributed by atoms with E-state index in [1.165, 1.54) is 0 Å². The number of benzene rings is 1. The van der Waals surface area contributed by atoms with E-state index in [1.54, 1.807) is 0 Å². The summed E-state index contributed by atoms with van der Waals surface area (Å²) in [7, 11) is -14.3. The molecule has 1 unspecified atom stereocenters.